The van der Waals surface area contributed by atoms with Crippen molar-refractivity contribution in [1.82, 2.24) is 14.9 Å². The van der Waals surface area contributed by atoms with E-state index in [2.05, 4.69) is 15.3 Å². The Balaban J connectivity index is 1.90. The number of nitrogens with zero attached hydrogens (tertiary/aromatic N) is 3. The number of hydrogen-bond donors (Lipinski definition) is 2. The number of nitrogens with one attached hydrogen (secondary N) is 1. The lowest BCUT2D eigenvalue weighted by Gasteiger charge is -2.06. The quantitative estimate of drug-likeness (QED) is 0.509. The molecule has 0 aliphatic rings. The summed E-state index contributed by atoms with van der Waals surface area (Å²) in [7, 11) is 1.44. The van der Waals surface area contributed by atoms with Gasteiger partial charge in [-0.15, -0.1) is 0 Å². The number of aromatic amines is 1. The van der Waals surface area contributed by atoms with E-state index in [1.807, 2.05) is 0 Å². The van der Waals surface area contributed by atoms with Crippen molar-refractivity contribution in [2.24, 2.45) is 5.10 Å². The maximum atomic E-state index is 13.0. The highest BCUT2D eigenvalue weighted by Crippen LogP contribution is 2.35. The predicted octanol–water partition coefficient (Wildman–Crippen LogP) is 3.92. The van der Waals surface area contributed by atoms with Gasteiger partial charge in [0.15, 0.2) is 17.3 Å². The van der Waals surface area contributed by atoms with Gasteiger partial charge in [0.1, 0.15) is 5.82 Å². The molecule has 2 N–H and O–H groups in total. The minimum absolute atomic E-state index is 0.114. The van der Waals surface area contributed by atoms with E-state index in [1.165, 1.54) is 30.1 Å². The van der Waals surface area contributed by atoms with Crippen molar-refractivity contribution >= 4 is 30.0 Å². The van der Waals surface area contributed by atoms with Crippen LogP contribution in [0.5, 0.6) is 11.5 Å². The molecular formula is C17H14ClFN4O2S. The summed E-state index contributed by atoms with van der Waals surface area (Å²) in [5, 5.41) is 21.2. The van der Waals surface area contributed by atoms with Gasteiger partial charge in [0.25, 0.3) is 0 Å². The number of methoxy groups -OCH3 is 1. The molecule has 1 heterocycles. The van der Waals surface area contributed by atoms with E-state index in [0.29, 0.717) is 22.6 Å². The van der Waals surface area contributed by atoms with Gasteiger partial charge in [0, 0.05) is 12.0 Å². The second kappa shape index (κ2) is 7.67. The van der Waals surface area contributed by atoms with Crippen LogP contribution in [-0.4, -0.2) is 33.3 Å². The zero-order valence-corrected chi connectivity index (χ0v) is 15.2. The molecular weight excluding hydrogens is 379 g/mol. The Kier molecular flexibility index (Phi) is 5.34. The fourth-order valence-electron chi connectivity index (χ4n) is 2.29. The lowest BCUT2D eigenvalue weighted by atomic mass is 10.1. The van der Waals surface area contributed by atoms with E-state index in [9.17, 15) is 9.50 Å². The first-order valence-electron chi connectivity index (χ1n) is 7.50. The second-order valence-electron chi connectivity index (χ2n) is 5.32. The van der Waals surface area contributed by atoms with E-state index >= 15 is 0 Å². The minimum atomic E-state index is -0.306. The van der Waals surface area contributed by atoms with Crippen molar-refractivity contribution in [2.45, 2.75) is 6.42 Å². The SMILES string of the molecule is COc1ccc(/C=N\n2c(Cc3ccc(F)cc3)n[nH]c2=S)c(Cl)c1O. The van der Waals surface area contributed by atoms with Crippen molar-refractivity contribution in [3.8, 4) is 11.5 Å². The van der Waals surface area contributed by atoms with Gasteiger partial charge in [-0.05, 0) is 42.0 Å². The van der Waals surface area contributed by atoms with Gasteiger partial charge in [0.2, 0.25) is 4.77 Å². The van der Waals surface area contributed by atoms with E-state index < -0.39 is 0 Å². The highest BCUT2D eigenvalue weighted by Gasteiger charge is 2.11. The van der Waals surface area contributed by atoms with Gasteiger partial charge >= 0.3 is 0 Å². The number of phenols is 1. The van der Waals surface area contributed by atoms with E-state index in [1.54, 1.807) is 24.3 Å². The number of halogens is 2. The Bertz CT molecular complexity index is 1010. The van der Waals surface area contributed by atoms with Gasteiger partial charge in [-0.25, -0.2) is 4.39 Å². The summed E-state index contributed by atoms with van der Waals surface area (Å²) in [6, 6.07) is 9.33. The summed E-state index contributed by atoms with van der Waals surface area (Å²) >= 11 is 11.3. The molecule has 9 heteroatoms. The number of aromatic nitrogens is 3. The van der Waals surface area contributed by atoms with Crippen LogP contribution in [0.3, 0.4) is 0 Å². The molecule has 0 fully saturated rings. The van der Waals surface area contributed by atoms with E-state index in [4.69, 9.17) is 28.6 Å². The lowest BCUT2D eigenvalue weighted by molar-refractivity contribution is 0.373. The molecule has 0 aliphatic carbocycles. The Hall–Kier alpha value is -2.71. The molecule has 3 rings (SSSR count). The molecule has 2 aromatic carbocycles. The van der Waals surface area contributed by atoms with Gasteiger partial charge in [0.05, 0.1) is 18.3 Å². The molecule has 0 bridgehead atoms. The van der Waals surface area contributed by atoms with Crippen LogP contribution in [0, 0.1) is 10.6 Å². The Morgan fingerprint density at radius 3 is 2.77 bits per heavy atom. The third kappa shape index (κ3) is 3.76. The minimum Gasteiger partial charge on any atom is -0.503 e. The second-order valence-corrected chi connectivity index (χ2v) is 6.09. The highest BCUT2D eigenvalue weighted by atomic mass is 35.5. The van der Waals surface area contributed by atoms with Gasteiger partial charge < -0.3 is 9.84 Å². The average Bonchev–Trinajstić information content (AvgIpc) is 2.98. The first-order valence-corrected chi connectivity index (χ1v) is 8.28. The summed E-state index contributed by atoms with van der Waals surface area (Å²) in [4.78, 5) is 0. The van der Waals surface area contributed by atoms with Crippen LogP contribution in [0.1, 0.15) is 17.0 Å². The normalized spacial score (nSPS) is 11.2. The van der Waals surface area contributed by atoms with Gasteiger partial charge in [-0.3, -0.25) is 5.10 Å². The molecule has 0 atom stereocenters. The number of ether oxygens (including phenoxy) is 1. The zero-order chi connectivity index (χ0) is 18.7. The van der Waals surface area contributed by atoms with Crippen LogP contribution in [0.15, 0.2) is 41.5 Å². The number of hydrogen-bond acceptors (Lipinski definition) is 5. The molecule has 3 aromatic rings. The maximum absolute atomic E-state index is 13.0. The van der Waals surface area contributed by atoms with Crippen LogP contribution >= 0.6 is 23.8 Å². The largest absolute Gasteiger partial charge is 0.503 e. The number of aromatic hydroxyl groups is 1. The molecule has 0 amide bonds. The fourth-order valence-corrected chi connectivity index (χ4v) is 2.69. The Morgan fingerprint density at radius 1 is 1.35 bits per heavy atom. The number of benzene rings is 2. The summed E-state index contributed by atoms with van der Waals surface area (Å²) in [6.45, 7) is 0. The summed E-state index contributed by atoms with van der Waals surface area (Å²) in [5.41, 5.74) is 1.35. The first kappa shape index (κ1) is 18.1. The zero-order valence-electron chi connectivity index (χ0n) is 13.6. The summed E-state index contributed by atoms with van der Waals surface area (Å²) in [6.07, 6.45) is 1.87. The van der Waals surface area contributed by atoms with Gasteiger partial charge in [-0.1, -0.05) is 23.7 Å². The lowest BCUT2D eigenvalue weighted by Crippen LogP contribution is -2.01. The van der Waals surface area contributed by atoms with Crippen molar-refractivity contribution in [2.75, 3.05) is 7.11 Å². The van der Waals surface area contributed by atoms with E-state index in [0.717, 1.165) is 5.56 Å². The Morgan fingerprint density at radius 2 is 2.08 bits per heavy atom. The Labute approximate surface area is 158 Å². The van der Waals surface area contributed by atoms with Crippen LogP contribution in [0.25, 0.3) is 0 Å². The highest BCUT2D eigenvalue weighted by molar-refractivity contribution is 7.71. The number of phenolic OH excluding ortho intramolecular Hbond substituents is 1. The van der Waals surface area contributed by atoms with Crippen molar-refractivity contribution in [1.29, 1.82) is 0 Å². The average molecular weight is 393 g/mol. The van der Waals surface area contributed by atoms with Crippen LogP contribution in [-0.2, 0) is 6.42 Å². The molecule has 26 heavy (non-hydrogen) atoms. The maximum Gasteiger partial charge on any atom is 0.216 e. The molecule has 0 spiro atoms. The third-order valence-electron chi connectivity index (χ3n) is 3.63. The summed E-state index contributed by atoms with van der Waals surface area (Å²) in [5.74, 6) is 0.343. The van der Waals surface area contributed by atoms with Crippen LogP contribution in [0.2, 0.25) is 5.02 Å². The first-order chi connectivity index (χ1) is 12.5. The van der Waals surface area contributed by atoms with Crippen molar-refractivity contribution < 1.29 is 14.2 Å². The smallest absolute Gasteiger partial charge is 0.216 e. The molecule has 0 aliphatic heterocycles. The van der Waals surface area contributed by atoms with Gasteiger partial charge in [-0.2, -0.15) is 14.9 Å². The molecule has 1 aromatic heterocycles. The van der Waals surface area contributed by atoms with Crippen LogP contribution < -0.4 is 4.74 Å². The van der Waals surface area contributed by atoms with Crippen molar-refractivity contribution in [3.05, 3.63) is 69.0 Å². The molecule has 0 radical (unpaired) electrons. The molecule has 0 unspecified atom stereocenters. The van der Waals surface area contributed by atoms with Crippen LogP contribution in [0.4, 0.5) is 4.39 Å². The fraction of sp³-hybridized carbons (Fsp3) is 0.118. The summed E-state index contributed by atoms with van der Waals surface area (Å²) < 4.78 is 19.8. The monoisotopic (exact) mass is 392 g/mol. The topological polar surface area (TPSA) is 75.4 Å². The third-order valence-corrected chi connectivity index (χ3v) is 4.30. The van der Waals surface area contributed by atoms with E-state index in [-0.39, 0.29) is 22.3 Å². The predicted molar refractivity (Wildman–Crippen MR) is 99.3 cm³/mol. The molecule has 0 saturated carbocycles. The molecule has 0 saturated heterocycles. The number of H-pyrrole nitrogens is 1. The standard InChI is InChI=1S/C17H14ClFN4O2S/c1-25-13-7-4-11(15(18)16(13)24)9-20-23-14(21-22-17(23)26)8-10-2-5-12(19)6-3-10/h2-7,9,24H,8H2,1H3,(H,22,26)/b20-9-. The van der Waals surface area contributed by atoms with Crippen molar-refractivity contribution in [3.63, 3.8) is 0 Å². The molecule has 6 nitrogen and oxygen atoms in total. The number of rotatable bonds is 5. The molecule has 134 valence electrons.